The molecule has 5 nitrogen and oxygen atoms in total. The summed E-state index contributed by atoms with van der Waals surface area (Å²) in [5.74, 6) is 0.0736. The van der Waals surface area contributed by atoms with Crippen LogP contribution >= 0.6 is 0 Å². The fourth-order valence-corrected chi connectivity index (χ4v) is 5.04. The minimum Gasteiger partial charge on any atom is -0.341 e. The maximum Gasteiger partial charge on any atom is 0.240 e. The van der Waals surface area contributed by atoms with Gasteiger partial charge in [0.25, 0.3) is 0 Å². The molecule has 0 aliphatic heterocycles. The molecule has 156 valence electrons. The number of benzene rings is 2. The van der Waals surface area contributed by atoms with E-state index in [1.807, 2.05) is 37.4 Å². The van der Waals surface area contributed by atoms with Crippen molar-refractivity contribution < 1.29 is 13.2 Å². The van der Waals surface area contributed by atoms with Crippen LogP contribution in [0.2, 0.25) is 0 Å². The molecule has 1 aliphatic rings. The first kappa shape index (κ1) is 21.5. The molecule has 1 amide bonds. The zero-order chi connectivity index (χ0) is 20.7. The second-order valence-electron chi connectivity index (χ2n) is 7.84. The number of hydrogen-bond donors (Lipinski definition) is 1. The molecule has 3 rings (SSSR count). The van der Waals surface area contributed by atoms with E-state index in [4.69, 9.17) is 0 Å². The Bertz CT molecular complexity index is 889. The van der Waals surface area contributed by atoms with Crippen LogP contribution in [0.1, 0.15) is 49.7 Å². The predicted octanol–water partition coefficient (Wildman–Crippen LogP) is 3.89. The number of carbonyl (C=O) groups is 1. The molecule has 29 heavy (non-hydrogen) atoms. The van der Waals surface area contributed by atoms with Crippen LogP contribution in [0.15, 0.2) is 59.5 Å². The number of aryl methyl sites for hydroxylation is 1. The van der Waals surface area contributed by atoms with Gasteiger partial charge in [0.2, 0.25) is 15.9 Å². The number of sulfonamides is 1. The van der Waals surface area contributed by atoms with Crippen molar-refractivity contribution in [3.8, 4) is 0 Å². The van der Waals surface area contributed by atoms with Crippen LogP contribution in [-0.2, 0) is 27.8 Å². The minimum atomic E-state index is -3.48. The van der Waals surface area contributed by atoms with Gasteiger partial charge in [-0.05, 0) is 42.5 Å². The Balaban J connectivity index is 1.51. The highest BCUT2D eigenvalue weighted by Gasteiger charge is 2.21. The quantitative estimate of drug-likeness (QED) is 0.713. The predicted molar refractivity (Wildman–Crippen MR) is 115 cm³/mol. The highest BCUT2D eigenvalue weighted by Crippen LogP contribution is 2.20. The molecule has 2 aromatic rings. The highest BCUT2D eigenvalue weighted by molar-refractivity contribution is 7.89. The van der Waals surface area contributed by atoms with Gasteiger partial charge in [0, 0.05) is 26.1 Å². The van der Waals surface area contributed by atoms with E-state index in [1.54, 1.807) is 29.2 Å². The van der Waals surface area contributed by atoms with Gasteiger partial charge in [-0.25, -0.2) is 13.1 Å². The summed E-state index contributed by atoms with van der Waals surface area (Å²) in [6, 6.07) is 16.8. The third-order valence-corrected chi connectivity index (χ3v) is 7.01. The Kier molecular flexibility index (Phi) is 7.45. The van der Waals surface area contributed by atoms with Crippen LogP contribution < -0.4 is 4.72 Å². The average molecular weight is 415 g/mol. The molecule has 0 radical (unpaired) electrons. The van der Waals surface area contributed by atoms with E-state index in [1.165, 1.54) is 6.42 Å². The summed E-state index contributed by atoms with van der Waals surface area (Å²) in [4.78, 5) is 14.4. The molecule has 2 aromatic carbocycles. The molecule has 0 saturated heterocycles. The van der Waals surface area contributed by atoms with Crippen molar-refractivity contribution in [1.82, 2.24) is 9.62 Å². The number of nitrogens with zero attached hydrogens (tertiary/aromatic N) is 1. The van der Waals surface area contributed by atoms with Crippen LogP contribution in [0, 0.1) is 0 Å². The van der Waals surface area contributed by atoms with Crippen molar-refractivity contribution in [3.63, 3.8) is 0 Å². The van der Waals surface area contributed by atoms with E-state index in [9.17, 15) is 13.2 Å². The maximum absolute atomic E-state index is 12.6. The van der Waals surface area contributed by atoms with E-state index >= 15 is 0 Å². The topological polar surface area (TPSA) is 66.5 Å². The van der Waals surface area contributed by atoms with Crippen molar-refractivity contribution in [2.75, 3.05) is 7.05 Å². The second-order valence-corrected chi connectivity index (χ2v) is 9.55. The van der Waals surface area contributed by atoms with Gasteiger partial charge in [0.1, 0.15) is 0 Å². The number of amides is 1. The van der Waals surface area contributed by atoms with E-state index in [0.717, 1.165) is 36.8 Å². The Hall–Kier alpha value is -2.18. The maximum atomic E-state index is 12.6. The van der Waals surface area contributed by atoms with Crippen LogP contribution in [0.25, 0.3) is 0 Å². The molecule has 1 N–H and O–H groups in total. The number of hydrogen-bond acceptors (Lipinski definition) is 3. The molecule has 0 spiro atoms. The highest BCUT2D eigenvalue weighted by atomic mass is 32.2. The van der Waals surface area contributed by atoms with Crippen LogP contribution in [0.5, 0.6) is 0 Å². The molecular formula is C23H30N2O3S. The van der Waals surface area contributed by atoms with Crippen molar-refractivity contribution in [2.45, 2.75) is 62.4 Å². The lowest BCUT2D eigenvalue weighted by atomic mass is 9.96. The summed E-state index contributed by atoms with van der Waals surface area (Å²) in [5.41, 5.74) is 2.06. The van der Waals surface area contributed by atoms with Crippen molar-refractivity contribution in [1.29, 1.82) is 0 Å². The van der Waals surface area contributed by atoms with Gasteiger partial charge in [-0.1, -0.05) is 61.7 Å². The van der Waals surface area contributed by atoms with Crippen LogP contribution in [0.3, 0.4) is 0 Å². The fourth-order valence-electron chi connectivity index (χ4n) is 3.73. The summed E-state index contributed by atoms with van der Waals surface area (Å²) >= 11 is 0. The summed E-state index contributed by atoms with van der Waals surface area (Å²) in [6.45, 7) is 0.587. The van der Waals surface area contributed by atoms with Crippen molar-refractivity contribution >= 4 is 15.9 Å². The molecule has 1 aliphatic carbocycles. The van der Waals surface area contributed by atoms with Gasteiger partial charge in [-0.3, -0.25) is 4.79 Å². The van der Waals surface area contributed by atoms with Gasteiger partial charge in [-0.2, -0.15) is 0 Å². The lowest BCUT2D eigenvalue weighted by molar-refractivity contribution is -0.130. The van der Waals surface area contributed by atoms with E-state index < -0.39 is 10.0 Å². The average Bonchev–Trinajstić information content (AvgIpc) is 2.73. The molecule has 1 fully saturated rings. The zero-order valence-electron chi connectivity index (χ0n) is 17.0. The van der Waals surface area contributed by atoms with Crippen molar-refractivity contribution in [2.24, 2.45) is 0 Å². The number of carbonyl (C=O) groups excluding carboxylic acids is 1. The minimum absolute atomic E-state index is 0.0474. The SMILES string of the molecule is CN(Cc1ccccc1)C(=O)CCc1ccc(S(=O)(=O)NC2CCCCC2)cc1. The van der Waals surface area contributed by atoms with Crippen LogP contribution in [0.4, 0.5) is 0 Å². The second kappa shape index (κ2) is 10.0. The van der Waals surface area contributed by atoms with Gasteiger partial charge in [0.05, 0.1) is 4.90 Å². The molecule has 0 aromatic heterocycles. The monoisotopic (exact) mass is 414 g/mol. The summed E-state index contributed by atoms with van der Waals surface area (Å²) in [5, 5.41) is 0. The molecule has 0 bridgehead atoms. The lowest BCUT2D eigenvalue weighted by Crippen LogP contribution is -2.36. The van der Waals surface area contributed by atoms with Gasteiger partial charge in [0.15, 0.2) is 0 Å². The largest absolute Gasteiger partial charge is 0.341 e. The number of rotatable bonds is 8. The Morgan fingerprint density at radius 3 is 2.28 bits per heavy atom. The first-order valence-electron chi connectivity index (χ1n) is 10.3. The smallest absolute Gasteiger partial charge is 0.240 e. The first-order chi connectivity index (χ1) is 13.9. The van der Waals surface area contributed by atoms with Gasteiger partial charge >= 0.3 is 0 Å². The third kappa shape index (κ3) is 6.41. The van der Waals surface area contributed by atoms with Crippen molar-refractivity contribution in [3.05, 3.63) is 65.7 Å². The Labute approximate surface area is 174 Å². The molecular weight excluding hydrogens is 384 g/mol. The third-order valence-electron chi connectivity index (χ3n) is 5.48. The Morgan fingerprint density at radius 1 is 0.966 bits per heavy atom. The number of nitrogens with one attached hydrogen (secondary N) is 1. The summed E-state index contributed by atoms with van der Waals surface area (Å²) < 4.78 is 28.0. The Morgan fingerprint density at radius 2 is 1.62 bits per heavy atom. The normalized spacial score (nSPS) is 15.2. The summed E-state index contributed by atoms with van der Waals surface area (Å²) in [7, 11) is -1.67. The van der Waals surface area contributed by atoms with Crippen LogP contribution in [-0.4, -0.2) is 32.3 Å². The fraction of sp³-hybridized carbons (Fsp3) is 0.435. The summed E-state index contributed by atoms with van der Waals surface area (Å²) in [6.07, 6.45) is 6.17. The van der Waals surface area contributed by atoms with E-state index in [-0.39, 0.29) is 11.9 Å². The molecule has 0 heterocycles. The molecule has 6 heteroatoms. The zero-order valence-corrected chi connectivity index (χ0v) is 17.8. The molecule has 1 saturated carbocycles. The standard InChI is InChI=1S/C23H30N2O3S/c1-25(18-20-8-4-2-5-9-20)23(26)17-14-19-12-15-22(16-13-19)29(27,28)24-21-10-6-3-7-11-21/h2,4-5,8-9,12-13,15-16,21,24H,3,6-7,10-11,14,17-18H2,1H3. The molecule has 0 unspecified atom stereocenters. The van der Waals surface area contributed by atoms with Gasteiger partial charge in [-0.15, -0.1) is 0 Å². The van der Waals surface area contributed by atoms with E-state index in [2.05, 4.69) is 4.72 Å². The lowest BCUT2D eigenvalue weighted by Gasteiger charge is -2.22. The van der Waals surface area contributed by atoms with Gasteiger partial charge < -0.3 is 4.90 Å². The van der Waals surface area contributed by atoms with E-state index in [0.29, 0.717) is 24.3 Å². The first-order valence-corrected chi connectivity index (χ1v) is 11.8. The molecule has 0 atom stereocenters.